The average molecular weight is 439 g/mol. The van der Waals surface area contributed by atoms with E-state index in [0.717, 1.165) is 43.6 Å². The first-order chi connectivity index (χ1) is 15.1. The quantitative estimate of drug-likeness (QED) is 0.614. The number of carbonyl (C=O) groups excluding carboxylic acids is 2. The fraction of sp³-hybridized carbons (Fsp3) is 0.304. The first kappa shape index (κ1) is 21.1. The van der Waals surface area contributed by atoms with E-state index in [9.17, 15) is 14.0 Å². The Labute approximate surface area is 184 Å². The number of rotatable bonds is 6. The van der Waals surface area contributed by atoms with Gasteiger partial charge in [0, 0.05) is 22.7 Å². The number of nitrogens with zero attached hydrogens (tertiary/aromatic N) is 3. The number of carbonyl (C=O) groups is 2. The van der Waals surface area contributed by atoms with Gasteiger partial charge in [0.25, 0.3) is 5.91 Å². The first-order valence-electron chi connectivity index (χ1n) is 10.4. The molecule has 0 bridgehead atoms. The van der Waals surface area contributed by atoms with Crippen molar-refractivity contribution in [1.29, 1.82) is 0 Å². The van der Waals surface area contributed by atoms with Gasteiger partial charge in [-0.2, -0.15) is 0 Å². The minimum absolute atomic E-state index is 0.0178. The lowest BCUT2D eigenvalue weighted by Crippen LogP contribution is -2.47. The number of nitrogens with one attached hydrogen (secondary N) is 1. The Morgan fingerprint density at radius 1 is 1.03 bits per heavy atom. The molecular weight excluding hydrogens is 415 g/mol. The van der Waals surface area contributed by atoms with Crippen molar-refractivity contribution in [2.24, 2.45) is 0 Å². The Bertz CT molecular complexity index is 1020. The lowest BCUT2D eigenvalue weighted by Gasteiger charge is -2.33. The van der Waals surface area contributed by atoms with Crippen molar-refractivity contribution in [3.8, 4) is 0 Å². The molecule has 1 heterocycles. The SMILES string of the molecule is O=C(NC1CCCCC1)[C@@H](c1ccccc1F)N(C(=O)c1csnn1)c1ccccc1. The van der Waals surface area contributed by atoms with Crippen molar-refractivity contribution in [2.75, 3.05) is 4.90 Å². The van der Waals surface area contributed by atoms with Crippen LogP contribution in [-0.2, 0) is 4.79 Å². The van der Waals surface area contributed by atoms with Crippen molar-refractivity contribution < 1.29 is 14.0 Å². The largest absolute Gasteiger partial charge is 0.351 e. The predicted molar refractivity (Wildman–Crippen MR) is 117 cm³/mol. The van der Waals surface area contributed by atoms with Crippen LogP contribution < -0.4 is 10.2 Å². The highest BCUT2D eigenvalue weighted by Gasteiger charge is 2.36. The second-order valence-corrected chi connectivity index (χ2v) is 8.18. The summed E-state index contributed by atoms with van der Waals surface area (Å²) in [5.41, 5.74) is 0.726. The monoisotopic (exact) mass is 438 g/mol. The molecule has 0 saturated heterocycles. The van der Waals surface area contributed by atoms with Crippen LogP contribution >= 0.6 is 11.5 Å². The molecule has 6 nitrogen and oxygen atoms in total. The fourth-order valence-corrected chi connectivity index (χ4v) is 4.40. The summed E-state index contributed by atoms with van der Waals surface area (Å²) in [7, 11) is 0. The zero-order chi connectivity index (χ0) is 21.6. The normalized spacial score (nSPS) is 15.3. The molecule has 4 rings (SSSR count). The third-order valence-electron chi connectivity index (χ3n) is 5.49. The highest BCUT2D eigenvalue weighted by atomic mass is 32.1. The molecule has 3 aromatic rings. The van der Waals surface area contributed by atoms with Crippen LogP contribution in [-0.4, -0.2) is 27.4 Å². The van der Waals surface area contributed by atoms with Crippen molar-refractivity contribution in [3.63, 3.8) is 0 Å². The van der Waals surface area contributed by atoms with Crippen molar-refractivity contribution >= 4 is 29.0 Å². The third-order valence-corrected chi connectivity index (χ3v) is 5.99. The maximum atomic E-state index is 14.9. The molecule has 2 amide bonds. The summed E-state index contributed by atoms with van der Waals surface area (Å²) in [4.78, 5) is 28.3. The summed E-state index contributed by atoms with van der Waals surface area (Å²) in [5, 5.41) is 8.47. The van der Waals surface area contributed by atoms with Crippen LogP contribution in [0.2, 0.25) is 0 Å². The maximum Gasteiger partial charge on any atom is 0.280 e. The summed E-state index contributed by atoms with van der Waals surface area (Å²) in [6, 6.07) is 13.7. The van der Waals surface area contributed by atoms with Gasteiger partial charge in [-0.3, -0.25) is 14.5 Å². The molecule has 1 atom stereocenters. The number of hydrogen-bond donors (Lipinski definition) is 1. The minimum atomic E-state index is -1.18. The maximum absolute atomic E-state index is 14.9. The lowest BCUT2D eigenvalue weighted by atomic mass is 9.94. The van der Waals surface area contributed by atoms with E-state index in [-0.39, 0.29) is 17.3 Å². The van der Waals surface area contributed by atoms with Gasteiger partial charge in [-0.25, -0.2) is 4.39 Å². The summed E-state index contributed by atoms with van der Waals surface area (Å²) >= 11 is 1.04. The van der Waals surface area contributed by atoms with E-state index in [0.29, 0.717) is 5.69 Å². The number of anilines is 1. The Hall–Kier alpha value is -3.13. The zero-order valence-electron chi connectivity index (χ0n) is 16.9. The summed E-state index contributed by atoms with van der Waals surface area (Å²) in [5.74, 6) is -1.46. The van der Waals surface area contributed by atoms with Gasteiger partial charge in [0.1, 0.15) is 11.9 Å². The highest BCUT2D eigenvalue weighted by molar-refractivity contribution is 7.03. The second kappa shape index (κ2) is 9.78. The van der Waals surface area contributed by atoms with Crippen LogP contribution in [0.5, 0.6) is 0 Å². The van der Waals surface area contributed by atoms with Crippen molar-refractivity contribution in [1.82, 2.24) is 14.9 Å². The van der Waals surface area contributed by atoms with Gasteiger partial charge in [-0.1, -0.05) is 60.1 Å². The van der Waals surface area contributed by atoms with E-state index in [1.807, 2.05) is 6.07 Å². The van der Waals surface area contributed by atoms with Crippen LogP contribution in [0.3, 0.4) is 0 Å². The van der Waals surface area contributed by atoms with Gasteiger partial charge < -0.3 is 5.32 Å². The van der Waals surface area contributed by atoms with E-state index in [1.54, 1.807) is 42.5 Å². The number of hydrogen-bond acceptors (Lipinski definition) is 5. The van der Waals surface area contributed by atoms with Gasteiger partial charge in [0.05, 0.1) is 0 Å². The molecule has 1 N–H and O–H groups in total. The van der Waals surface area contributed by atoms with E-state index < -0.39 is 23.7 Å². The molecule has 0 spiro atoms. The molecule has 1 aliphatic carbocycles. The molecule has 0 unspecified atom stereocenters. The number of para-hydroxylation sites is 1. The Morgan fingerprint density at radius 2 is 1.74 bits per heavy atom. The second-order valence-electron chi connectivity index (χ2n) is 7.57. The Kier molecular flexibility index (Phi) is 6.66. The predicted octanol–water partition coefficient (Wildman–Crippen LogP) is 4.51. The number of aromatic nitrogens is 2. The minimum Gasteiger partial charge on any atom is -0.351 e. The number of amides is 2. The van der Waals surface area contributed by atoms with Gasteiger partial charge >= 0.3 is 0 Å². The molecule has 1 saturated carbocycles. The molecule has 2 aromatic carbocycles. The molecule has 0 aliphatic heterocycles. The van der Waals surface area contributed by atoms with Gasteiger partial charge in [0.15, 0.2) is 5.69 Å². The molecule has 8 heteroatoms. The van der Waals surface area contributed by atoms with Gasteiger partial charge in [-0.05, 0) is 42.6 Å². The van der Waals surface area contributed by atoms with Crippen molar-refractivity contribution in [2.45, 2.75) is 44.2 Å². The van der Waals surface area contributed by atoms with E-state index >= 15 is 0 Å². The van der Waals surface area contributed by atoms with Crippen LogP contribution in [0.15, 0.2) is 60.0 Å². The summed E-state index contributed by atoms with van der Waals surface area (Å²) < 4.78 is 18.7. The topological polar surface area (TPSA) is 75.2 Å². The standard InChI is InChI=1S/C23H23FN4O2S/c24-19-14-8-7-13-18(19)21(22(29)25-16-9-3-1-4-10-16)28(17-11-5-2-6-12-17)23(30)20-15-31-27-26-20/h2,5-8,11-16,21H,1,3-4,9-10H2,(H,25,29)/t21-/m1/s1. The molecule has 1 aromatic heterocycles. The molecule has 1 aliphatic rings. The van der Waals surface area contributed by atoms with Crippen LogP contribution in [0.25, 0.3) is 0 Å². The summed E-state index contributed by atoms with van der Waals surface area (Å²) in [6.45, 7) is 0. The fourth-order valence-electron chi connectivity index (χ4n) is 3.97. The Morgan fingerprint density at radius 3 is 2.42 bits per heavy atom. The molecule has 1 fully saturated rings. The Balaban J connectivity index is 1.78. The third kappa shape index (κ3) is 4.80. The smallest absolute Gasteiger partial charge is 0.280 e. The lowest BCUT2D eigenvalue weighted by molar-refractivity contribution is -0.123. The molecule has 31 heavy (non-hydrogen) atoms. The summed E-state index contributed by atoms with van der Waals surface area (Å²) in [6.07, 6.45) is 4.99. The van der Waals surface area contributed by atoms with Gasteiger partial charge in [-0.15, -0.1) is 5.10 Å². The molecular formula is C23H23FN4O2S. The van der Waals surface area contributed by atoms with Crippen molar-refractivity contribution in [3.05, 3.63) is 77.1 Å². The first-order valence-corrected chi connectivity index (χ1v) is 11.2. The molecule has 0 radical (unpaired) electrons. The van der Waals surface area contributed by atoms with E-state index in [1.165, 1.54) is 16.3 Å². The number of halogens is 1. The van der Waals surface area contributed by atoms with E-state index in [4.69, 9.17) is 0 Å². The van der Waals surface area contributed by atoms with Crippen LogP contribution in [0.1, 0.15) is 54.2 Å². The highest BCUT2D eigenvalue weighted by Crippen LogP contribution is 2.31. The average Bonchev–Trinajstić information content (AvgIpc) is 3.34. The van der Waals surface area contributed by atoms with E-state index in [2.05, 4.69) is 14.9 Å². The van der Waals surface area contributed by atoms with Crippen LogP contribution in [0.4, 0.5) is 10.1 Å². The zero-order valence-corrected chi connectivity index (χ0v) is 17.7. The van der Waals surface area contributed by atoms with Gasteiger partial charge in [0.2, 0.25) is 5.91 Å². The number of benzene rings is 2. The molecule has 160 valence electrons. The van der Waals surface area contributed by atoms with Crippen LogP contribution in [0, 0.1) is 5.82 Å².